The molecule has 2 heterocycles. The van der Waals surface area contributed by atoms with Crippen molar-refractivity contribution < 1.29 is 4.74 Å². The maximum Gasteiger partial charge on any atom is 0.180 e. The molecular formula is C10H18ClN3OS. The van der Waals surface area contributed by atoms with E-state index in [1.54, 1.807) is 11.3 Å². The molecule has 6 heteroatoms. The smallest absolute Gasteiger partial charge is 0.180 e. The van der Waals surface area contributed by atoms with Crippen LogP contribution in [0, 0.1) is 0 Å². The summed E-state index contributed by atoms with van der Waals surface area (Å²) >= 11 is 1.57. The first kappa shape index (κ1) is 13.7. The molecule has 0 saturated carbocycles. The maximum atomic E-state index is 5.62. The number of hydrogen-bond donors (Lipinski definition) is 1. The maximum absolute atomic E-state index is 5.62. The van der Waals surface area contributed by atoms with Gasteiger partial charge in [0, 0.05) is 30.7 Å². The summed E-state index contributed by atoms with van der Waals surface area (Å²) in [5, 5.41) is 0.658. The molecule has 0 aliphatic carbocycles. The monoisotopic (exact) mass is 263 g/mol. The summed E-state index contributed by atoms with van der Waals surface area (Å²) in [4.78, 5) is 7.71. The van der Waals surface area contributed by atoms with Crippen molar-refractivity contribution in [2.24, 2.45) is 0 Å². The van der Waals surface area contributed by atoms with Crippen molar-refractivity contribution in [2.75, 3.05) is 25.4 Å². The summed E-state index contributed by atoms with van der Waals surface area (Å²) in [6.07, 6.45) is 3.35. The van der Waals surface area contributed by atoms with Crippen molar-refractivity contribution in [2.45, 2.75) is 26.0 Å². The molecule has 2 rings (SSSR count). The molecule has 0 amide bonds. The van der Waals surface area contributed by atoms with Gasteiger partial charge in [-0.05, 0) is 6.42 Å². The van der Waals surface area contributed by atoms with Crippen LogP contribution in [-0.4, -0.2) is 35.7 Å². The fourth-order valence-corrected chi connectivity index (χ4v) is 2.51. The van der Waals surface area contributed by atoms with E-state index in [9.17, 15) is 0 Å². The highest BCUT2D eigenvalue weighted by atomic mass is 35.5. The largest absolute Gasteiger partial charge is 0.376 e. The van der Waals surface area contributed by atoms with E-state index in [0.717, 1.165) is 32.7 Å². The van der Waals surface area contributed by atoms with Crippen molar-refractivity contribution in [1.82, 2.24) is 9.88 Å². The predicted octanol–water partition coefficient (Wildman–Crippen LogP) is 1.76. The van der Waals surface area contributed by atoms with Gasteiger partial charge in [-0.15, -0.1) is 23.7 Å². The second-order valence-electron chi connectivity index (χ2n) is 3.80. The van der Waals surface area contributed by atoms with Gasteiger partial charge in [0.05, 0.1) is 12.7 Å². The second-order valence-corrected chi connectivity index (χ2v) is 4.95. The Bertz CT molecular complexity index is 321. The quantitative estimate of drug-likeness (QED) is 0.903. The summed E-state index contributed by atoms with van der Waals surface area (Å²) in [5.74, 6) is 0. The molecule has 0 bridgehead atoms. The minimum Gasteiger partial charge on any atom is -0.376 e. The van der Waals surface area contributed by atoms with Gasteiger partial charge in [-0.1, -0.05) is 6.92 Å². The van der Waals surface area contributed by atoms with Gasteiger partial charge in [0.25, 0.3) is 0 Å². The summed E-state index contributed by atoms with van der Waals surface area (Å²) in [7, 11) is 0. The highest BCUT2D eigenvalue weighted by molar-refractivity contribution is 7.15. The number of halogens is 1. The molecule has 1 aliphatic rings. The topological polar surface area (TPSA) is 51.4 Å². The zero-order valence-corrected chi connectivity index (χ0v) is 11.0. The molecule has 2 N–H and O–H groups in total. The molecule has 1 saturated heterocycles. The molecular weight excluding hydrogens is 246 g/mol. The fourth-order valence-electron chi connectivity index (χ4n) is 1.79. The molecule has 4 nitrogen and oxygen atoms in total. The Kier molecular flexibility index (Phi) is 5.48. The van der Waals surface area contributed by atoms with Crippen molar-refractivity contribution >= 4 is 28.9 Å². The van der Waals surface area contributed by atoms with Gasteiger partial charge in [-0.2, -0.15) is 0 Å². The average Bonchev–Trinajstić information content (AvgIpc) is 2.64. The highest BCUT2D eigenvalue weighted by Crippen LogP contribution is 2.18. The number of rotatable bonds is 3. The minimum atomic E-state index is 0. The first-order chi connectivity index (χ1) is 7.28. The van der Waals surface area contributed by atoms with Crippen molar-refractivity contribution in [3.05, 3.63) is 11.1 Å². The van der Waals surface area contributed by atoms with Crippen LogP contribution in [0.1, 0.15) is 18.2 Å². The summed E-state index contributed by atoms with van der Waals surface area (Å²) < 4.78 is 5.62. The zero-order chi connectivity index (χ0) is 10.7. The van der Waals surface area contributed by atoms with Gasteiger partial charge in [-0.25, -0.2) is 4.98 Å². The van der Waals surface area contributed by atoms with Gasteiger partial charge >= 0.3 is 0 Å². The molecule has 1 aromatic heterocycles. The van der Waals surface area contributed by atoms with Crippen LogP contribution in [0.5, 0.6) is 0 Å². The van der Waals surface area contributed by atoms with E-state index >= 15 is 0 Å². The van der Waals surface area contributed by atoms with Crippen molar-refractivity contribution in [1.29, 1.82) is 0 Å². The second kappa shape index (κ2) is 6.39. The molecule has 0 radical (unpaired) electrons. The Labute approximate surface area is 106 Å². The number of nitrogen functional groups attached to an aromatic ring is 1. The molecule has 1 atom stereocenters. The lowest BCUT2D eigenvalue weighted by Gasteiger charge is -2.31. The number of thiazole rings is 1. The molecule has 1 aliphatic heterocycles. The van der Waals surface area contributed by atoms with Crippen LogP contribution >= 0.6 is 23.7 Å². The van der Waals surface area contributed by atoms with Crippen molar-refractivity contribution in [3.8, 4) is 0 Å². The lowest BCUT2D eigenvalue weighted by molar-refractivity contribution is -0.0321. The number of nitrogens with two attached hydrogens (primary N) is 1. The summed E-state index contributed by atoms with van der Waals surface area (Å²) in [6.45, 7) is 5.99. The van der Waals surface area contributed by atoms with E-state index in [4.69, 9.17) is 10.5 Å². The van der Waals surface area contributed by atoms with E-state index in [-0.39, 0.29) is 12.4 Å². The number of aromatic nitrogens is 1. The van der Waals surface area contributed by atoms with Crippen LogP contribution < -0.4 is 5.73 Å². The van der Waals surface area contributed by atoms with Gasteiger partial charge in [-0.3, -0.25) is 4.90 Å². The number of nitrogens with zero attached hydrogens (tertiary/aromatic N) is 2. The van der Waals surface area contributed by atoms with Crippen molar-refractivity contribution in [3.63, 3.8) is 0 Å². The van der Waals surface area contributed by atoms with Gasteiger partial charge < -0.3 is 10.5 Å². The highest BCUT2D eigenvalue weighted by Gasteiger charge is 2.19. The molecule has 1 aromatic rings. The SMILES string of the molecule is CCC1CN(Cc2cnc(N)s2)CCO1.Cl. The van der Waals surface area contributed by atoms with E-state index in [1.165, 1.54) is 4.88 Å². The minimum absolute atomic E-state index is 0. The fraction of sp³-hybridized carbons (Fsp3) is 0.700. The Balaban J connectivity index is 0.00000128. The Morgan fingerprint density at radius 2 is 2.50 bits per heavy atom. The first-order valence-corrected chi connectivity index (χ1v) is 6.13. The van der Waals surface area contributed by atoms with E-state index in [1.807, 2.05) is 6.20 Å². The number of hydrogen-bond acceptors (Lipinski definition) is 5. The van der Waals surface area contributed by atoms with Gasteiger partial charge in [0.1, 0.15) is 0 Å². The summed E-state index contributed by atoms with van der Waals surface area (Å²) in [5.41, 5.74) is 5.60. The van der Waals surface area contributed by atoms with E-state index in [0.29, 0.717) is 11.2 Å². The van der Waals surface area contributed by atoms with Gasteiger partial charge in [0.15, 0.2) is 5.13 Å². The Morgan fingerprint density at radius 3 is 3.12 bits per heavy atom. The third-order valence-corrected chi connectivity index (χ3v) is 3.44. The van der Waals surface area contributed by atoms with E-state index in [2.05, 4.69) is 16.8 Å². The number of morpholine rings is 1. The molecule has 92 valence electrons. The lowest BCUT2D eigenvalue weighted by Crippen LogP contribution is -2.41. The third kappa shape index (κ3) is 3.59. The number of ether oxygens (including phenoxy) is 1. The Hall–Kier alpha value is -0.360. The average molecular weight is 264 g/mol. The van der Waals surface area contributed by atoms with Crippen LogP contribution in [0.15, 0.2) is 6.20 Å². The van der Waals surface area contributed by atoms with Crippen LogP contribution in [-0.2, 0) is 11.3 Å². The van der Waals surface area contributed by atoms with E-state index < -0.39 is 0 Å². The molecule has 1 unspecified atom stereocenters. The summed E-state index contributed by atoms with van der Waals surface area (Å²) in [6, 6.07) is 0. The van der Waals surface area contributed by atoms with Crippen LogP contribution in [0.25, 0.3) is 0 Å². The van der Waals surface area contributed by atoms with Crippen LogP contribution in [0.4, 0.5) is 5.13 Å². The number of anilines is 1. The van der Waals surface area contributed by atoms with Crippen LogP contribution in [0.3, 0.4) is 0 Å². The first-order valence-electron chi connectivity index (χ1n) is 5.32. The standard InChI is InChI=1S/C10H17N3OS.ClH/c1-2-8-6-13(3-4-14-8)7-9-5-12-10(11)15-9;/h5,8H,2-4,6-7H2,1H3,(H2,11,12);1H. The zero-order valence-electron chi connectivity index (χ0n) is 9.39. The molecule has 16 heavy (non-hydrogen) atoms. The molecule has 1 fully saturated rings. The normalized spacial score (nSPS) is 21.7. The lowest BCUT2D eigenvalue weighted by atomic mass is 10.2. The van der Waals surface area contributed by atoms with Gasteiger partial charge in [0.2, 0.25) is 0 Å². The predicted molar refractivity (Wildman–Crippen MR) is 69.1 cm³/mol. The third-order valence-electron chi connectivity index (χ3n) is 2.63. The Morgan fingerprint density at radius 1 is 1.69 bits per heavy atom. The molecule has 0 aromatic carbocycles. The van der Waals surface area contributed by atoms with Crippen LogP contribution in [0.2, 0.25) is 0 Å². The molecule has 0 spiro atoms.